The lowest BCUT2D eigenvalue weighted by Gasteiger charge is -2.32. The molecule has 1 saturated carbocycles. The molecule has 4 rings (SSSR count). The molecule has 0 aromatic heterocycles. The van der Waals surface area contributed by atoms with Crippen LogP contribution in [0.5, 0.6) is 0 Å². The summed E-state index contributed by atoms with van der Waals surface area (Å²) in [5.74, 6) is 6.92. The number of hydrogen-bond donors (Lipinski definition) is 2. The number of fused-ring (bicyclic) bond motifs is 1. The van der Waals surface area contributed by atoms with Gasteiger partial charge in [0.25, 0.3) is 0 Å². The first-order valence-corrected chi connectivity index (χ1v) is 11.5. The molecule has 1 fully saturated rings. The molecule has 0 bridgehead atoms. The summed E-state index contributed by atoms with van der Waals surface area (Å²) in [4.78, 5) is 0. The molecule has 0 heterocycles. The predicted molar refractivity (Wildman–Crippen MR) is 132 cm³/mol. The second-order valence-electron chi connectivity index (χ2n) is 9.61. The van der Waals surface area contributed by atoms with Gasteiger partial charge in [0.05, 0.1) is 5.54 Å². The van der Waals surface area contributed by atoms with Crippen molar-refractivity contribution in [2.75, 3.05) is 0 Å². The summed E-state index contributed by atoms with van der Waals surface area (Å²) in [6.45, 7) is 6.17. The first-order valence-electron chi connectivity index (χ1n) is 11.5. The molecule has 0 radical (unpaired) electrons. The minimum atomic E-state index is -0.457. The third-order valence-electron chi connectivity index (χ3n) is 6.36. The van der Waals surface area contributed by atoms with Crippen molar-refractivity contribution in [1.82, 2.24) is 5.32 Å². The van der Waals surface area contributed by atoms with Crippen molar-refractivity contribution in [3.05, 3.63) is 83.4 Å². The first kappa shape index (κ1) is 21.6. The molecule has 2 nitrogen and oxygen atoms in total. The molecule has 1 aliphatic carbocycles. The van der Waals surface area contributed by atoms with Crippen molar-refractivity contribution in [2.24, 2.45) is 5.73 Å². The molecule has 31 heavy (non-hydrogen) atoms. The zero-order valence-electron chi connectivity index (χ0n) is 19.0. The fourth-order valence-electron chi connectivity index (χ4n) is 4.79. The molecular formula is C29H34N2. The van der Waals surface area contributed by atoms with Crippen molar-refractivity contribution in [3.8, 4) is 11.8 Å². The van der Waals surface area contributed by atoms with Crippen molar-refractivity contribution in [2.45, 2.75) is 70.0 Å². The van der Waals surface area contributed by atoms with E-state index < -0.39 is 5.54 Å². The summed E-state index contributed by atoms with van der Waals surface area (Å²) in [5, 5.41) is 6.61. The van der Waals surface area contributed by atoms with Crippen LogP contribution in [0.3, 0.4) is 0 Å². The summed E-state index contributed by atoms with van der Waals surface area (Å²) in [5.41, 5.74) is 9.39. The maximum absolute atomic E-state index is 5.98. The lowest BCUT2D eigenvalue weighted by atomic mass is 9.81. The Labute approximate surface area is 187 Å². The highest BCUT2D eigenvalue weighted by molar-refractivity contribution is 5.86. The summed E-state index contributed by atoms with van der Waals surface area (Å²) < 4.78 is 0. The SMILES string of the molecule is CC(NC1CCCC(c2ccc(C#CC(C)(C)N)cc2)C1)c1cccc2ccccc12. The quantitative estimate of drug-likeness (QED) is 0.495. The van der Waals surface area contributed by atoms with E-state index in [0.717, 1.165) is 5.56 Å². The molecule has 0 aliphatic heterocycles. The molecule has 0 spiro atoms. The Bertz CT molecular complexity index is 1070. The summed E-state index contributed by atoms with van der Waals surface area (Å²) in [7, 11) is 0. The van der Waals surface area contributed by atoms with Crippen LogP contribution in [0.15, 0.2) is 66.7 Å². The van der Waals surface area contributed by atoms with Gasteiger partial charge in [0.2, 0.25) is 0 Å². The number of nitrogens with two attached hydrogens (primary N) is 1. The van der Waals surface area contributed by atoms with Crippen LogP contribution in [0.2, 0.25) is 0 Å². The van der Waals surface area contributed by atoms with E-state index in [1.807, 2.05) is 13.8 Å². The molecule has 160 valence electrons. The molecule has 3 N–H and O–H groups in total. The zero-order valence-corrected chi connectivity index (χ0v) is 19.0. The van der Waals surface area contributed by atoms with Crippen LogP contribution in [-0.4, -0.2) is 11.6 Å². The van der Waals surface area contributed by atoms with Crippen LogP contribution >= 0.6 is 0 Å². The van der Waals surface area contributed by atoms with Crippen LogP contribution in [0.25, 0.3) is 10.8 Å². The lowest BCUT2D eigenvalue weighted by molar-refractivity contribution is 0.319. The molecule has 1 aliphatic rings. The molecule has 2 heteroatoms. The molecule has 3 unspecified atom stereocenters. The average Bonchev–Trinajstić information content (AvgIpc) is 2.77. The van der Waals surface area contributed by atoms with E-state index in [1.165, 1.54) is 47.6 Å². The fraction of sp³-hybridized carbons (Fsp3) is 0.379. The minimum Gasteiger partial charge on any atom is -0.316 e. The van der Waals surface area contributed by atoms with Gasteiger partial charge in [0, 0.05) is 17.6 Å². The lowest BCUT2D eigenvalue weighted by Crippen LogP contribution is -2.35. The topological polar surface area (TPSA) is 38.0 Å². The van der Waals surface area contributed by atoms with Gasteiger partial charge in [-0.15, -0.1) is 0 Å². The largest absolute Gasteiger partial charge is 0.316 e. The highest BCUT2D eigenvalue weighted by atomic mass is 14.9. The maximum atomic E-state index is 5.98. The highest BCUT2D eigenvalue weighted by Crippen LogP contribution is 2.34. The van der Waals surface area contributed by atoms with Gasteiger partial charge < -0.3 is 11.1 Å². The minimum absolute atomic E-state index is 0.340. The third kappa shape index (κ3) is 5.56. The van der Waals surface area contributed by atoms with Gasteiger partial charge in [-0.25, -0.2) is 0 Å². The van der Waals surface area contributed by atoms with Crippen LogP contribution in [0.1, 0.15) is 75.1 Å². The molecule has 0 saturated heterocycles. The van der Waals surface area contributed by atoms with E-state index in [9.17, 15) is 0 Å². The van der Waals surface area contributed by atoms with E-state index in [0.29, 0.717) is 18.0 Å². The van der Waals surface area contributed by atoms with E-state index in [4.69, 9.17) is 5.73 Å². The van der Waals surface area contributed by atoms with E-state index in [1.54, 1.807) is 0 Å². The fourth-order valence-corrected chi connectivity index (χ4v) is 4.79. The molecule has 0 amide bonds. The van der Waals surface area contributed by atoms with Gasteiger partial charge in [-0.3, -0.25) is 0 Å². The summed E-state index contributed by atoms with van der Waals surface area (Å²) in [6.07, 6.45) is 4.98. The van der Waals surface area contributed by atoms with Gasteiger partial charge >= 0.3 is 0 Å². The van der Waals surface area contributed by atoms with E-state index >= 15 is 0 Å². The molecular weight excluding hydrogens is 376 g/mol. The van der Waals surface area contributed by atoms with Crippen LogP contribution in [0.4, 0.5) is 0 Å². The van der Waals surface area contributed by atoms with Crippen molar-refractivity contribution < 1.29 is 0 Å². The Hall–Kier alpha value is -2.60. The van der Waals surface area contributed by atoms with E-state index in [2.05, 4.69) is 90.8 Å². The van der Waals surface area contributed by atoms with E-state index in [-0.39, 0.29) is 0 Å². The van der Waals surface area contributed by atoms with Gasteiger partial charge in [-0.1, -0.05) is 72.9 Å². The van der Waals surface area contributed by atoms with Crippen molar-refractivity contribution in [1.29, 1.82) is 0 Å². The smallest absolute Gasteiger partial charge is 0.0722 e. The Balaban J connectivity index is 1.43. The average molecular weight is 411 g/mol. The Kier molecular flexibility index (Phi) is 6.46. The number of rotatable bonds is 4. The van der Waals surface area contributed by atoms with Gasteiger partial charge in [0.15, 0.2) is 0 Å². The number of benzene rings is 3. The Morgan fingerprint density at radius 2 is 1.71 bits per heavy atom. The standard InChI is InChI=1S/C29H34N2/c1-21(27-13-7-9-24-8-4-5-12-28(24)27)31-26-11-6-10-25(20-26)23-16-14-22(15-17-23)18-19-29(2,3)30/h4-5,7-9,12-17,21,25-26,31H,6,10-11,20,30H2,1-3H3. The van der Waals surface area contributed by atoms with Crippen molar-refractivity contribution in [3.63, 3.8) is 0 Å². The third-order valence-corrected chi connectivity index (χ3v) is 6.36. The highest BCUT2D eigenvalue weighted by Gasteiger charge is 2.24. The second-order valence-corrected chi connectivity index (χ2v) is 9.61. The predicted octanol–water partition coefficient (Wildman–Crippen LogP) is 6.31. The Morgan fingerprint density at radius 3 is 2.48 bits per heavy atom. The van der Waals surface area contributed by atoms with Gasteiger partial charge in [-0.05, 0) is 80.0 Å². The monoisotopic (exact) mass is 410 g/mol. The number of nitrogens with one attached hydrogen (secondary N) is 1. The molecule has 3 aromatic carbocycles. The molecule has 3 aromatic rings. The van der Waals surface area contributed by atoms with Crippen LogP contribution < -0.4 is 11.1 Å². The Morgan fingerprint density at radius 1 is 0.968 bits per heavy atom. The summed E-state index contributed by atoms with van der Waals surface area (Å²) in [6, 6.07) is 25.0. The summed E-state index contributed by atoms with van der Waals surface area (Å²) >= 11 is 0. The van der Waals surface area contributed by atoms with Crippen molar-refractivity contribution >= 4 is 10.8 Å². The second kappa shape index (κ2) is 9.27. The van der Waals surface area contributed by atoms with Crippen LogP contribution in [0, 0.1) is 11.8 Å². The van der Waals surface area contributed by atoms with Gasteiger partial charge in [-0.2, -0.15) is 0 Å². The normalized spacial score (nSPS) is 20.1. The van der Waals surface area contributed by atoms with Crippen LogP contribution in [-0.2, 0) is 0 Å². The zero-order chi connectivity index (χ0) is 21.8. The van der Waals surface area contributed by atoms with Gasteiger partial charge in [0.1, 0.15) is 0 Å². The molecule has 3 atom stereocenters. The number of hydrogen-bond acceptors (Lipinski definition) is 2. The maximum Gasteiger partial charge on any atom is 0.0722 e. The first-order chi connectivity index (χ1) is 14.9.